The highest BCUT2D eigenvalue weighted by molar-refractivity contribution is 5.91. The van der Waals surface area contributed by atoms with Crippen LogP contribution in [0.5, 0.6) is 0 Å². The van der Waals surface area contributed by atoms with Crippen LogP contribution in [0.15, 0.2) is 40.6 Å². The quantitative estimate of drug-likeness (QED) is 0.298. The highest BCUT2D eigenvalue weighted by Crippen LogP contribution is 2.45. The van der Waals surface area contributed by atoms with E-state index in [4.69, 9.17) is 38.3 Å². The zero-order valence-electron chi connectivity index (χ0n) is 36.8. The summed E-state index contributed by atoms with van der Waals surface area (Å²) in [7, 11) is 3.87. The summed E-state index contributed by atoms with van der Waals surface area (Å²) in [6, 6.07) is 6.95. The van der Waals surface area contributed by atoms with Gasteiger partial charge in [-0.15, -0.1) is 0 Å². The van der Waals surface area contributed by atoms with Crippen LogP contribution in [0.2, 0.25) is 0 Å². The van der Waals surface area contributed by atoms with Gasteiger partial charge < -0.3 is 43.3 Å². The Labute approximate surface area is 353 Å². The van der Waals surface area contributed by atoms with Gasteiger partial charge in [-0.25, -0.2) is 9.78 Å². The van der Waals surface area contributed by atoms with Crippen molar-refractivity contribution in [1.82, 2.24) is 19.8 Å². The van der Waals surface area contributed by atoms with Gasteiger partial charge in [0, 0.05) is 30.1 Å². The largest absolute Gasteiger partial charge is 0.458 e. The van der Waals surface area contributed by atoms with Gasteiger partial charge in [-0.3, -0.25) is 19.7 Å². The molecule has 330 valence electrons. The van der Waals surface area contributed by atoms with E-state index in [-0.39, 0.29) is 43.8 Å². The van der Waals surface area contributed by atoms with Crippen LogP contribution in [-0.4, -0.2) is 149 Å². The summed E-state index contributed by atoms with van der Waals surface area (Å²) >= 11 is 0. The molecule has 1 aromatic heterocycles. The Balaban J connectivity index is 1.30. The average molecular weight is 837 g/mol. The van der Waals surface area contributed by atoms with Crippen LogP contribution in [0.1, 0.15) is 80.3 Å². The first-order valence-electron chi connectivity index (χ1n) is 21.6. The molecule has 16 heteroatoms. The molecule has 7 rings (SSSR count). The molecule has 1 amide bonds. The lowest BCUT2D eigenvalue weighted by Crippen LogP contribution is -2.60. The minimum atomic E-state index is -1.14. The molecule has 0 saturated carbocycles. The molecule has 0 radical (unpaired) electrons. The van der Waals surface area contributed by atoms with Gasteiger partial charge in [0.1, 0.15) is 17.9 Å². The third-order valence-corrected chi connectivity index (χ3v) is 13.5. The Morgan fingerprint density at radius 2 is 1.80 bits per heavy atom. The van der Waals surface area contributed by atoms with E-state index in [1.165, 1.54) is 0 Å². The first kappa shape index (κ1) is 44.3. The number of fused-ring (bicyclic) bond motifs is 5. The number of para-hydroxylation sites is 2. The molecule has 1 N–H and O–H groups in total. The zero-order chi connectivity index (χ0) is 43.1. The fourth-order valence-electron chi connectivity index (χ4n) is 10.5. The Hall–Kier alpha value is -3.80. The van der Waals surface area contributed by atoms with Gasteiger partial charge >= 0.3 is 12.1 Å². The number of aliphatic hydroxyl groups is 1. The first-order chi connectivity index (χ1) is 28.5. The maximum absolute atomic E-state index is 14.5. The van der Waals surface area contributed by atoms with Crippen molar-refractivity contribution in [3.05, 3.63) is 36.2 Å². The minimum absolute atomic E-state index is 0.00625. The van der Waals surface area contributed by atoms with Crippen molar-refractivity contribution in [2.75, 3.05) is 40.4 Å². The molecule has 0 unspecified atom stereocenters. The van der Waals surface area contributed by atoms with Crippen LogP contribution >= 0.6 is 0 Å². The molecule has 14 atom stereocenters. The molecule has 6 heterocycles. The fourth-order valence-corrected chi connectivity index (χ4v) is 10.5. The third kappa shape index (κ3) is 8.65. The van der Waals surface area contributed by atoms with Gasteiger partial charge in [0.25, 0.3) is 0 Å². The van der Waals surface area contributed by atoms with E-state index in [9.17, 15) is 14.7 Å². The number of aromatic nitrogens is 2. The van der Waals surface area contributed by atoms with E-state index < -0.39 is 71.8 Å². The van der Waals surface area contributed by atoms with Gasteiger partial charge in [0.15, 0.2) is 18.5 Å². The normalized spacial score (nSPS) is 39.9. The van der Waals surface area contributed by atoms with Crippen molar-refractivity contribution < 1.29 is 48.0 Å². The van der Waals surface area contributed by atoms with Crippen LogP contribution in [0.3, 0.4) is 0 Å². The maximum Gasteiger partial charge on any atom is 0.410 e. The summed E-state index contributed by atoms with van der Waals surface area (Å²) in [5.74, 6) is -2.29. The van der Waals surface area contributed by atoms with Crippen molar-refractivity contribution in [1.29, 1.82) is 0 Å². The van der Waals surface area contributed by atoms with E-state index >= 15 is 0 Å². The molecule has 5 aliphatic heterocycles. The number of esters is 1. The number of ether oxygens (including phenoxy) is 6. The fraction of sp³-hybridized carbons (Fsp3) is 0.727. The summed E-state index contributed by atoms with van der Waals surface area (Å²) in [6.45, 7) is 16.6. The number of carbonyl (C=O) groups is 2. The van der Waals surface area contributed by atoms with Gasteiger partial charge in [-0.1, -0.05) is 45.0 Å². The topological polar surface area (TPSA) is 176 Å². The Morgan fingerprint density at radius 1 is 1.05 bits per heavy atom. The SMILES string of the molecule is CC[C@@H]1OC(=O)[C@H](C)[C@H]2OCC(=NOCc3cnc4ccccc4n3)CO[C@](C)(C[C@@H](C)C3=NCCN4C(=O)O[C@@]1(C)[C@H]4[C@H]3C)[C@@H](O[C@H]1O[C@@H](C)C[C@@H](N(C)C)[C@@H]1O)[C@@H]2C. The van der Waals surface area contributed by atoms with E-state index in [1.54, 1.807) is 18.0 Å². The van der Waals surface area contributed by atoms with E-state index in [1.807, 2.05) is 77.9 Å². The molecule has 4 saturated heterocycles. The highest BCUT2D eigenvalue weighted by atomic mass is 16.7. The van der Waals surface area contributed by atoms with Gasteiger partial charge in [0.05, 0.1) is 78.6 Å². The second-order valence-electron chi connectivity index (χ2n) is 18.2. The van der Waals surface area contributed by atoms with Crippen LogP contribution in [-0.2, 0) is 44.7 Å². The number of likely N-dealkylation sites (N-methyl/N-ethyl adjacent to an activating group) is 1. The number of benzene rings is 1. The molecule has 5 aliphatic rings. The number of carbonyl (C=O) groups excluding carboxylic acids is 2. The Kier molecular flexibility index (Phi) is 13.2. The highest BCUT2D eigenvalue weighted by Gasteiger charge is 2.60. The van der Waals surface area contributed by atoms with Crippen molar-refractivity contribution >= 4 is 34.5 Å². The molecule has 4 fully saturated rings. The summed E-state index contributed by atoms with van der Waals surface area (Å²) in [5, 5.41) is 16.3. The van der Waals surface area contributed by atoms with Crippen molar-refractivity contribution in [3.63, 3.8) is 0 Å². The van der Waals surface area contributed by atoms with E-state index in [2.05, 4.69) is 29.0 Å². The van der Waals surface area contributed by atoms with Gasteiger partial charge in [-0.2, -0.15) is 0 Å². The molecular formula is C44H64N6O10. The summed E-state index contributed by atoms with van der Waals surface area (Å²) in [5.41, 5.74) is 1.25. The number of nitrogens with zero attached hydrogens (tertiary/aromatic N) is 6. The molecule has 4 bridgehead atoms. The lowest BCUT2D eigenvalue weighted by Gasteiger charge is -2.48. The predicted molar refractivity (Wildman–Crippen MR) is 222 cm³/mol. The van der Waals surface area contributed by atoms with Crippen LogP contribution in [0, 0.1) is 23.7 Å². The number of cyclic esters (lactones) is 1. The van der Waals surface area contributed by atoms with Gasteiger partial charge in [-0.05, 0) is 79.1 Å². The van der Waals surface area contributed by atoms with Crippen molar-refractivity contribution in [3.8, 4) is 0 Å². The van der Waals surface area contributed by atoms with Crippen molar-refractivity contribution in [2.45, 2.75) is 141 Å². The molecule has 2 aromatic rings. The first-order valence-corrected chi connectivity index (χ1v) is 21.6. The monoisotopic (exact) mass is 836 g/mol. The number of hydrogen-bond donors (Lipinski definition) is 1. The standard InChI is InChI=1S/C44H64N6O10/c1-11-34-44(8)38-26(4)35(45-16-17-50(38)42(53)60-44)24(2)19-43(7)39(59-41-36(51)33(49(9)10)18-25(3)57-41)27(5)37(28(6)40(52)58-34)54-21-30(22-55-43)48-56-23-29-20-46-31-14-12-13-15-32(31)47-29/h12-15,20,24-28,33-34,36-39,41,51H,11,16-19,21-23H2,1-10H3/t24-,25+,26+,27-,28-,33-,34+,36+,37+,38-,39+,41-,43-,44-/m1/s1. The molecule has 60 heavy (non-hydrogen) atoms. The van der Waals surface area contributed by atoms with Crippen LogP contribution in [0.25, 0.3) is 11.0 Å². The number of aliphatic imine (C=N–C) groups is 1. The molecule has 0 aliphatic carbocycles. The van der Waals surface area contributed by atoms with E-state index in [0.717, 1.165) is 16.7 Å². The molecule has 0 spiro atoms. The van der Waals surface area contributed by atoms with Gasteiger partial charge in [0.2, 0.25) is 0 Å². The van der Waals surface area contributed by atoms with E-state index in [0.29, 0.717) is 43.8 Å². The maximum atomic E-state index is 14.5. The summed E-state index contributed by atoms with van der Waals surface area (Å²) in [4.78, 5) is 52.0. The second kappa shape index (κ2) is 17.9. The molecular weight excluding hydrogens is 773 g/mol. The minimum Gasteiger partial charge on any atom is -0.458 e. The Morgan fingerprint density at radius 3 is 2.53 bits per heavy atom. The van der Waals surface area contributed by atoms with Crippen LogP contribution in [0.4, 0.5) is 4.79 Å². The third-order valence-electron chi connectivity index (χ3n) is 13.5. The average Bonchev–Trinajstić information content (AvgIpc) is 3.36. The molecule has 1 aromatic carbocycles. The number of hydrogen-bond acceptors (Lipinski definition) is 15. The lowest BCUT2D eigenvalue weighted by atomic mass is 9.72. The zero-order valence-corrected chi connectivity index (χ0v) is 36.8. The lowest BCUT2D eigenvalue weighted by molar-refractivity contribution is -0.302. The number of rotatable bonds is 7. The number of amides is 1. The number of aliphatic hydroxyl groups excluding tert-OH is 1. The number of oxime groups is 1. The van der Waals surface area contributed by atoms with Crippen LogP contribution < -0.4 is 0 Å². The van der Waals surface area contributed by atoms with Crippen molar-refractivity contribution in [2.24, 2.45) is 33.8 Å². The smallest absolute Gasteiger partial charge is 0.410 e. The molecule has 16 nitrogen and oxygen atoms in total. The second-order valence-corrected chi connectivity index (χ2v) is 18.2. The summed E-state index contributed by atoms with van der Waals surface area (Å²) < 4.78 is 39.8. The Bertz CT molecular complexity index is 1930. The predicted octanol–water partition coefficient (Wildman–Crippen LogP) is 4.79. The summed E-state index contributed by atoms with van der Waals surface area (Å²) in [6.07, 6.45) is -1.84.